The number of likely N-dealkylation sites (tertiary alicyclic amines) is 1. The van der Waals surface area contributed by atoms with Gasteiger partial charge in [-0.2, -0.15) is 0 Å². The highest BCUT2D eigenvalue weighted by atomic mass is 32.1. The van der Waals surface area contributed by atoms with Gasteiger partial charge in [0.1, 0.15) is 11.3 Å². The number of carbonyl (C=O) groups is 1. The Morgan fingerprint density at radius 2 is 2.24 bits per heavy atom. The molecule has 2 N–H and O–H groups in total. The average Bonchev–Trinajstić information content (AvgIpc) is 3.24. The van der Waals surface area contributed by atoms with E-state index in [1.54, 1.807) is 0 Å². The number of amides is 1. The van der Waals surface area contributed by atoms with Crippen LogP contribution in [0.15, 0.2) is 12.1 Å². The van der Waals surface area contributed by atoms with Gasteiger partial charge in [-0.1, -0.05) is 11.3 Å². The van der Waals surface area contributed by atoms with Gasteiger partial charge in [-0.3, -0.25) is 9.69 Å². The Bertz CT molecular complexity index is 790. The van der Waals surface area contributed by atoms with Crippen LogP contribution in [0, 0.1) is 17.6 Å². The minimum Gasteiger partial charge on any atom is -0.315 e. The van der Waals surface area contributed by atoms with Gasteiger partial charge in [0, 0.05) is 25.2 Å². The summed E-state index contributed by atoms with van der Waals surface area (Å²) in [4.78, 5) is 19.1. The number of aromatic nitrogens is 1. The fourth-order valence-electron chi connectivity index (χ4n) is 3.72. The third kappa shape index (κ3) is 3.51. The molecule has 25 heavy (non-hydrogen) atoms. The maximum atomic E-state index is 13.8. The number of nitrogens with zero attached hydrogens (tertiary/aromatic N) is 2. The summed E-state index contributed by atoms with van der Waals surface area (Å²) in [7, 11) is 0. The fraction of sp³-hybridized carbons (Fsp3) is 0.529. The molecule has 4 rings (SSSR count). The standard InChI is InChI=1S/C17H20F2N4OS/c18-11-6-13(19)15-14(7-11)25-17(21-15)22-16(24)10-2-1-5-23(9-10)12-3-4-20-8-12/h6-7,10,12,20H,1-5,8-9H2,(H,21,22,24). The second-order valence-corrected chi connectivity index (χ2v) is 7.75. The third-order valence-corrected chi connectivity index (χ3v) is 5.94. The summed E-state index contributed by atoms with van der Waals surface area (Å²) in [6, 6.07) is 2.55. The number of nitrogens with one attached hydrogen (secondary N) is 2. The van der Waals surface area contributed by atoms with E-state index in [1.807, 2.05) is 0 Å². The lowest BCUT2D eigenvalue weighted by atomic mass is 9.95. The van der Waals surface area contributed by atoms with E-state index in [2.05, 4.69) is 20.5 Å². The molecule has 2 atom stereocenters. The Morgan fingerprint density at radius 3 is 3.04 bits per heavy atom. The van der Waals surface area contributed by atoms with E-state index < -0.39 is 11.6 Å². The minimum absolute atomic E-state index is 0.0874. The second-order valence-electron chi connectivity index (χ2n) is 6.72. The van der Waals surface area contributed by atoms with Crippen LogP contribution in [0.1, 0.15) is 19.3 Å². The Hall–Kier alpha value is -1.64. The molecule has 2 aliphatic heterocycles. The molecule has 0 bridgehead atoms. The van der Waals surface area contributed by atoms with Crippen molar-refractivity contribution in [3.05, 3.63) is 23.8 Å². The zero-order valence-electron chi connectivity index (χ0n) is 13.7. The third-order valence-electron chi connectivity index (χ3n) is 5.02. The predicted octanol–water partition coefficient (Wildman–Crippen LogP) is 2.59. The van der Waals surface area contributed by atoms with E-state index in [4.69, 9.17) is 0 Å². The van der Waals surface area contributed by atoms with Crippen LogP contribution < -0.4 is 10.6 Å². The number of halogens is 2. The summed E-state index contributed by atoms with van der Waals surface area (Å²) in [6.45, 7) is 3.79. The first kappa shape index (κ1) is 16.8. The molecule has 2 unspecified atom stereocenters. The topological polar surface area (TPSA) is 57.3 Å². The maximum absolute atomic E-state index is 13.8. The summed E-state index contributed by atoms with van der Waals surface area (Å²) in [6.07, 6.45) is 2.96. The van der Waals surface area contributed by atoms with Gasteiger partial charge in [-0.25, -0.2) is 13.8 Å². The van der Waals surface area contributed by atoms with E-state index in [9.17, 15) is 13.6 Å². The molecule has 1 aromatic heterocycles. The van der Waals surface area contributed by atoms with E-state index in [0.717, 1.165) is 62.8 Å². The summed E-state index contributed by atoms with van der Waals surface area (Å²) in [5, 5.41) is 6.48. The van der Waals surface area contributed by atoms with E-state index in [1.165, 1.54) is 6.07 Å². The highest BCUT2D eigenvalue weighted by Gasteiger charge is 2.31. The molecule has 8 heteroatoms. The van der Waals surface area contributed by atoms with Crippen molar-refractivity contribution < 1.29 is 13.6 Å². The number of piperidine rings is 1. The van der Waals surface area contributed by atoms with Gasteiger partial charge in [0.25, 0.3) is 0 Å². The van der Waals surface area contributed by atoms with Crippen LogP contribution in [0.2, 0.25) is 0 Å². The van der Waals surface area contributed by atoms with Gasteiger partial charge in [0.05, 0.1) is 10.6 Å². The Balaban J connectivity index is 1.45. The lowest BCUT2D eigenvalue weighted by molar-refractivity contribution is -0.121. The first-order valence-corrected chi connectivity index (χ1v) is 9.43. The number of anilines is 1. The average molecular weight is 366 g/mol. The number of thiazole rings is 1. The highest BCUT2D eigenvalue weighted by Crippen LogP contribution is 2.30. The quantitative estimate of drug-likeness (QED) is 0.877. The molecule has 2 fully saturated rings. The lowest BCUT2D eigenvalue weighted by Gasteiger charge is -2.35. The van der Waals surface area contributed by atoms with Crippen molar-refractivity contribution in [1.82, 2.24) is 15.2 Å². The zero-order valence-corrected chi connectivity index (χ0v) is 14.5. The van der Waals surface area contributed by atoms with Gasteiger partial charge in [0.2, 0.25) is 5.91 Å². The van der Waals surface area contributed by atoms with Gasteiger partial charge in [-0.15, -0.1) is 0 Å². The monoisotopic (exact) mass is 366 g/mol. The van der Waals surface area contributed by atoms with Crippen LogP contribution in [-0.2, 0) is 4.79 Å². The van der Waals surface area contributed by atoms with Crippen LogP contribution in [0.4, 0.5) is 13.9 Å². The van der Waals surface area contributed by atoms with Crippen molar-refractivity contribution >= 4 is 32.6 Å². The molecule has 2 saturated heterocycles. The molecular weight excluding hydrogens is 346 g/mol. The van der Waals surface area contributed by atoms with Gasteiger partial charge in [0.15, 0.2) is 10.9 Å². The van der Waals surface area contributed by atoms with Crippen LogP contribution >= 0.6 is 11.3 Å². The predicted molar refractivity (Wildman–Crippen MR) is 93.7 cm³/mol. The van der Waals surface area contributed by atoms with Crippen molar-refractivity contribution in [2.75, 3.05) is 31.5 Å². The molecular formula is C17H20F2N4OS. The van der Waals surface area contributed by atoms with Crippen LogP contribution in [-0.4, -0.2) is 48.0 Å². The number of fused-ring (bicyclic) bond motifs is 1. The molecule has 0 saturated carbocycles. The molecule has 1 amide bonds. The lowest BCUT2D eigenvalue weighted by Crippen LogP contribution is -2.46. The fourth-order valence-corrected chi connectivity index (χ4v) is 4.63. The first-order valence-electron chi connectivity index (χ1n) is 8.61. The minimum atomic E-state index is -0.704. The summed E-state index contributed by atoms with van der Waals surface area (Å²) < 4.78 is 27.4. The normalized spacial score (nSPS) is 24.7. The van der Waals surface area contributed by atoms with E-state index in [0.29, 0.717) is 15.9 Å². The highest BCUT2D eigenvalue weighted by molar-refractivity contribution is 7.22. The molecule has 0 radical (unpaired) electrons. The van der Waals surface area contributed by atoms with Gasteiger partial charge < -0.3 is 10.6 Å². The first-order chi connectivity index (χ1) is 12.1. The molecule has 1 aromatic carbocycles. The summed E-state index contributed by atoms with van der Waals surface area (Å²) in [5.74, 6) is -1.53. The molecule has 2 aromatic rings. The van der Waals surface area contributed by atoms with Crippen molar-refractivity contribution in [1.29, 1.82) is 0 Å². The number of carbonyl (C=O) groups excluding carboxylic acids is 1. The Morgan fingerprint density at radius 1 is 1.36 bits per heavy atom. The molecule has 2 aliphatic rings. The summed E-state index contributed by atoms with van der Waals surface area (Å²) in [5.41, 5.74) is 0.101. The van der Waals surface area contributed by atoms with Gasteiger partial charge >= 0.3 is 0 Å². The van der Waals surface area contributed by atoms with Crippen LogP contribution in [0.5, 0.6) is 0 Å². The van der Waals surface area contributed by atoms with Crippen LogP contribution in [0.25, 0.3) is 10.2 Å². The van der Waals surface area contributed by atoms with E-state index in [-0.39, 0.29) is 17.3 Å². The molecule has 0 aliphatic carbocycles. The number of rotatable bonds is 3. The largest absolute Gasteiger partial charge is 0.315 e. The number of benzene rings is 1. The number of hydrogen-bond donors (Lipinski definition) is 2. The van der Waals surface area contributed by atoms with Crippen molar-refractivity contribution in [2.45, 2.75) is 25.3 Å². The maximum Gasteiger partial charge on any atom is 0.230 e. The zero-order chi connectivity index (χ0) is 17.4. The SMILES string of the molecule is O=C(Nc1nc2c(F)cc(F)cc2s1)C1CCCN(C2CCNC2)C1. The molecule has 5 nitrogen and oxygen atoms in total. The molecule has 134 valence electrons. The van der Waals surface area contributed by atoms with Gasteiger partial charge in [-0.05, 0) is 38.4 Å². The second kappa shape index (κ2) is 6.93. The van der Waals surface area contributed by atoms with Crippen LogP contribution in [0.3, 0.4) is 0 Å². The Kier molecular flexibility index (Phi) is 4.66. The van der Waals surface area contributed by atoms with E-state index >= 15 is 0 Å². The van der Waals surface area contributed by atoms with Crippen molar-refractivity contribution in [3.8, 4) is 0 Å². The summed E-state index contributed by atoms with van der Waals surface area (Å²) >= 11 is 1.10. The van der Waals surface area contributed by atoms with Crippen molar-refractivity contribution in [3.63, 3.8) is 0 Å². The molecule has 0 spiro atoms. The smallest absolute Gasteiger partial charge is 0.230 e. The molecule has 3 heterocycles. The number of hydrogen-bond acceptors (Lipinski definition) is 5. The van der Waals surface area contributed by atoms with Crippen molar-refractivity contribution in [2.24, 2.45) is 5.92 Å². The Labute approximate surface area is 148 Å².